The predicted octanol–water partition coefficient (Wildman–Crippen LogP) is 6.93. The van der Waals surface area contributed by atoms with E-state index in [0.29, 0.717) is 11.2 Å². The first-order valence-electron chi connectivity index (χ1n) is 11.8. The summed E-state index contributed by atoms with van der Waals surface area (Å²) in [6.45, 7) is 8.83. The van der Waals surface area contributed by atoms with Crippen LogP contribution in [0.1, 0.15) is 13.8 Å². The van der Waals surface area contributed by atoms with Gasteiger partial charge in [-0.3, -0.25) is 0 Å². The van der Waals surface area contributed by atoms with Gasteiger partial charge in [-0.15, -0.1) is 23.1 Å². The van der Waals surface area contributed by atoms with Crippen LogP contribution in [0.2, 0.25) is 0 Å². The van der Waals surface area contributed by atoms with Crippen molar-refractivity contribution in [2.45, 2.75) is 28.9 Å². The zero-order chi connectivity index (χ0) is 24.2. The number of aromatic nitrogens is 2. The molecule has 1 saturated heterocycles. The van der Waals surface area contributed by atoms with Crippen molar-refractivity contribution in [2.24, 2.45) is 0 Å². The SMILES string of the molecule is CC(C)Sc1ccccc1Nc1nc(Nc2ccc(SN3CCN(C)CC3)cc2)nc2ccsc12. The molecular weight excluding hydrogens is 493 g/mol. The third kappa shape index (κ3) is 6.29. The Balaban J connectivity index is 1.33. The lowest BCUT2D eigenvalue weighted by Crippen LogP contribution is -2.40. The molecule has 0 radical (unpaired) electrons. The molecule has 0 bridgehead atoms. The van der Waals surface area contributed by atoms with Crippen LogP contribution in [0.4, 0.5) is 23.1 Å². The summed E-state index contributed by atoms with van der Waals surface area (Å²) in [7, 11) is 2.18. The first-order valence-corrected chi connectivity index (χ1v) is 14.3. The van der Waals surface area contributed by atoms with Gasteiger partial charge in [-0.1, -0.05) is 26.0 Å². The van der Waals surface area contributed by atoms with E-state index >= 15 is 0 Å². The summed E-state index contributed by atoms with van der Waals surface area (Å²) in [5, 5.41) is 9.54. The largest absolute Gasteiger partial charge is 0.338 e. The van der Waals surface area contributed by atoms with Crippen LogP contribution in [0.15, 0.2) is 69.8 Å². The first-order chi connectivity index (χ1) is 17.0. The Kier molecular flexibility index (Phi) is 7.79. The van der Waals surface area contributed by atoms with Gasteiger partial charge in [0.2, 0.25) is 5.95 Å². The number of nitrogens with one attached hydrogen (secondary N) is 2. The highest BCUT2D eigenvalue weighted by Gasteiger charge is 2.15. The predicted molar refractivity (Wildman–Crippen MR) is 153 cm³/mol. The third-order valence-electron chi connectivity index (χ3n) is 5.61. The van der Waals surface area contributed by atoms with Crippen molar-refractivity contribution in [3.05, 3.63) is 60.0 Å². The van der Waals surface area contributed by atoms with E-state index in [0.717, 1.165) is 53.6 Å². The Hall–Kier alpha value is -2.30. The van der Waals surface area contributed by atoms with Gasteiger partial charge in [-0.2, -0.15) is 4.98 Å². The summed E-state index contributed by atoms with van der Waals surface area (Å²) in [6, 6.07) is 19.0. The first kappa shape index (κ1) is 24.4. The molecule has 6 nitrogen and oxygen atoms in total. The summed E-state index contributed by atoms with van der Waals surface area (Å²) >= 11 is 5.33. The molecular formula is C26H30N6S3. The van der Waals surface area contributed by atoms with Gasteiger partial charge in [0.1, 0.15) is 0 Å². The van der Waals surface area contributed by atoms with Crippen molar-refractivity contribution >= 4 is 68.4 Å². The van der Waals surface area contributed by atoms with Gasteiger partial charge in [-0.25, -0.2) is 9.29 Å². The maximum absolute atomic E-state index is 4.86. The Morgan fingerprint density at radius 2 is 1.69 bits per heavy atom. The topological polar surface area (TPSA) is 56.3 Å². The number of thiophene rings is 1. The molecule has 2 N–H and O–H groups in total. The number of thioether (sulfide) groups is 1. The molecule has 0 spiro atoms. The summed E-state index contributed by atoms with van der Waals surface area (Å²) in [5.74, 6) is 1.42. The van der Waals surface area contributed by atoms with Crippen LogP contribution in [-0.2, 0) is 0 Å². The molecule has 35 heavy (non-hydrogen) atoms. The van der Waals surface area contributed by atoms with Gasteiger partial charge in [-0.05, 0) is 66.8 Å². The Morgan fingerprint density at radius 3 is 2.46 bits per heavy atom. The smallest absolute Gasteiger partial charge is 0.229 e. The monoisotopic (exact) mass is 522 g/mol. The highest BCUT2D eigenvalue weighted by Crippen LogP contribution is 2.35. The minimum atomic E-state index is 0.500. The molecule has 2 aromatic carbocycles. The quantitative estimate of drug-likeness (QED) is 0.191. The summed E-state index contributed by atoms with van der Waals surface area (Å²) in [4.78, 5) is 14.4. The second kappa shape index (κ2) is 11.2. The summed E-state index contributed by atoms with van der Waals surface area (Å²) in [6.07, 6.45) is 0. The van der Waals surface area contributed by atoms with Crippen molar-refractivity contribution in [3.8, 4) is 0 Å². The van der Waals surface area contributed by atoms with Gasteiger partial charge in [0, 0.05) is 46.9 Å². The number of likely N-dealkylation sites (N-methyl/N-ethyl adjacent to an activating group) is 1. The minimum Gasteiger partial charge on any atom is -0.338 e. The lowest BCUT2D eigenvalue weighted by molar-refractivity contribution is 0.233. The average Bonchev–Trinajstić information content (AvgIpc) is 3.32. The Labute approximate surface area is 219 Å². The number of hydrogen-bond donors (Lipinski definition) is 2. The molecule has 4 aromatic rings. The lowest BCUT2D eigenvalue weighted by Gasteiger charge is -2.31. The Bertz CT molecular complexity index is 1270. The van der Waals surface area contributed by atoms with E-state index in [1.54, 1.807) is 11.3 Å². The third-order valence-corrected chi connectivity index (χ3v) is 8.71. The molecule has 5 rings (SSSR count). The van der Waals surface area contributed by atoms with Crippen LogP contribution in [0.5, 0.6) is 0 Å². The standard InChI is InChI=1S/C26H30N6S3/c1-18(2)34-23-7-5-4-6-21(23)28-25-24-22(12-17-33-24)29-26(30-25)27-19-8-10-20(11-9-19)35-32-15-13-31(3)14-16-32/h4-12,17-18H,13-16H2,1-3H3,(H2,27,28,29,30). The molecule has 0 aliphatic carbocycles. The number of rotatable bonds is 8. The van der Waals surface area contributed by atoms with Crippen LogP contribution in [0.3, 0.4) is 0 Å². The molecule has 1 fully saturated rings. The molecule has 9 heteroatoms. The molecule has 1 aliphatic heterocycles. The maximum Gasteiger partial charge on any atom is 0.229 e. The second-order valence-corrected chi connectivity index (χ2v) is 12.5. The number of benzene rings is 2. The van der Waals surface area contributed by atoms with E-state index in [1.807, 2.05) is 29.8 Å². The number of para-hydroxylation sites is 1. The van der Waals surface area contributed by atoms with Crippen molar-refractivity contribution < 1.29 is 0 Å². The number of fused-ring (bicyclic) bond motifs is 1. The average molecular weight is 523 g/mol. The maximum atomic E-state index is 4.86. The zero-order valence-corrected chi connectivity index (χ0v) is 22.6. The fraction of sp³-hybridized carbons (Fsp3) is 0.308. The van der Waals surface area contributed by atoms with Gasteiger partial charge >= 0.3 is 0 Å². The number of nitrogens with zero attached hydrogens (tertiary/aromatic N) is 4. The molecule has 0 saturated carbocycles. The molecule has 0 amide bonds. The zero-order valence-electron chi connectivity index (χ0n) is 20.2. The normalized spacial score (nSPS) is 15.1. The van der Waals surface area contributed by atoms with Crippen molar-refractivity contribution in [3.63, 3.8) is 0 Å². The highest BCUT2D eigenvalue weighted by atomic mass is 32.2. The van der Waals surface area contributed by atoms with E-state index in [2.05, 4.69) is 94.6 Å². The van der Waals surface area contributed by atoms with Crippen molar-refractivity contribution in [1.82, 2.24) is 19.2 Å². The van der Waals surface area contributed by atoms with E-state index in [-0.39, 0.29) is 0 Å². The molecule has 182 valence electrons. The number of hydrogen-bond acceptors (Lipinski definition) is 9. The van der Waals surface area contributed by atoms with Gasteiger partial charge < -0.3 is 15.5 Å². The fourth-order valence-corrected chi connectivity index (χ4v) is 6.40. The molecule has 0 unspecified atom stereocenters. The van der Waals surface area contributed by atoms with Gasteiger partial charge in [0.05, 0.1) is 15.9 Å². The summed E-state index contributed by atoms with van der Waals surface area (Å²) in [5.41, 5.74) is 2.98. The van der Waals surface area contributed by atoms with E-state index in [9.17, 15) is 0 Å². The lowest BCUT2D eigenvalue weighted by atomic mass is 10.3. The minimum absolute atomic E-state index is 0.500. The molecule has 1 aliphatic rings. The van der Waals surface area contributed by atoms with Crippen LogP contribution in [-0.4, -0.2) is 57.6 Å². The van der Waals surface area contributed by atoms with E-state index in [4.69, 9.17) is 9.97 Å². The Morgan fingerprint density at radius 1 is 0.914 bits per heavy atom. The van der Waals surface area contributed by atoms with E-state index in [1.165, 1.54) is 9.79 Å². The van der Waals surface area contributed by atoms with Gasteiger partial charge in [0.15, 0.2) is 5.82 Å². The number of anilines is 4. The second-order valence-electron chi connectivity index (χ2n) is 8.79. The number of piperazine rings is 1. The van der Waals surface area contributed by atoms with Gasteiger partial charge in [0.25, 0.3) is 0 Å². The fourth-order valence-electron chi connectivity index (χ4n) is 3.81. The van der Waals surface area contributed by atoms with Crippen LogP contribution < -0.4 is 10.6 Å². The van der Waals surface area contributed by atoms with E-state index < -0.39 is 0 Å². The van der Waals surface area contributed by atoms with Crippen LogP contribution >= 0.6 is 35.0 Å². The molecule has 2 aromatic heterocycles. The van der Waals surface area contributed by atoms with Crippen LogP contribution in [0.25, 0.3) is 10.2 Å². The molecule has 0 atom stereocenters. The summed E-state index contributed by atoms with van der Waals surface area (Å²) < 4.78 is 3.49. The van der Waals surface area contributed by atoms with Crippen LogP contribution in [0, 0.1) is 0 Å². The molecule has 3 heterocycles. The van der Waals surface area contributed by atoms with Crippen molar-refractivity contribution in [1.29, 1.82) is 0 Å². The highest BCUT2D eigenvalue weighted by molar-refractivity contribution is 8.00. The van der Waals surface area contributed by atoms with Crippen molar-refractivity contribution in [2.75, 3.05) is 43.9 Å².